The van der Waals surface area contributed by atoms with Crippen LogP contribution in [0.25, 0.3) is 0 Å². The minimum atomic E-state index is -3.44. The molecule has 1 unspecified atom stereocenters. The zero-order chi connectivity index (χ0) is 22.6. The topological polar surface area (TPSA) is 34.1 Å². The molecule has 0 aliphatic carbocycles. The van der Waals surface area contributed by atoms with Crippen molar-refractivity contribution in [3.05, 3.63) is 65.7 Å². The summed E-state index contributed by atoms with van der Waals surface area (Å²) in [6.07, 6.45) is 13.9. The maximum atomic E-state index is 13.8. The largest absolute Gasteiger partial charge is 0.222 e. The Bertz CT molecular complexity index is 845. The van der Waals surface area contributed by atoms with Crippen molar-refractivity contribution in [2.24, 2.45) is 0 Å². The van der Waals surface area contributed by atoms with Crippen molar-refractivity contribution < 1.29 is 8.42 Å². The van der Waals surface area contributed by atoms with Crippen LogP contribution in [0.3, 0.4) is 0 Å². The molecule has 1 atom stereocenters. The maximum Gasteiger partial charge on any atom is 0.193 e. The Labute approximate surface area is 195 Å². The third kappa shape index (κ3) is 7.68. The van der Waals surface area contributed by atoms with E-state index in [0.29, 0.717) is 17.7 Å². The van der Waals surface area contributed by atoms with Crippen LogP contribution in [0.1, 0.15) is 82.3 Å². The maximum absolute atomic E-state index is 13.8. The van der Waals surface area contributed by atoms with Crippen LogP contribution in [0.2, 0.25) is 0 Å². The SMILES string of the molecule is CCCCCCCCCCC(CCc1ccccc1)(SC)S(=O)(=O)c1ccc(C)cc1. The molecule has 0 aliphatic heterocycles. The van der Waals surface area contributed by atoms with Gasteiger partial charge in [0.15, 0.2) is 9.84 Å². The predicted molar refractivity (Wildman–Crippen MR) is 137 cm³/mol. The summed E-state index contributed by atoms with van der Waals surface area (Å²) in [5, 5.41) is 0. The molecule has 2 rings (SSSR count). The number of benzene rings is 2. The predicted octanol–water partition coefficient (Wildman–Crippen LogP) is 7.99. The number of rotatable bonds is 15. The van der Waals surface area contributed by atoms with Gasteiger partial charge < -0.3 is 0 Å². The number of thioether (sulfide) groups is 1. The summed E-state index contributed by atoms with van der Waals surface area (Å²) >= 11 is 1.53. The van der Waals surface area contributed by atoms with Crippen LogP contribution in [0.15, 0.2) is 59.5 Å². The van der Waals surface area contributed by atoms with Gasteiger partial charge in [0, 0.05) is 0 Å². The highest BCUT2D eigenvalue weighted by Crippen LogP contribution is 2.43. The second kappa shape index (κ2) is 13.3. The fourth-order valence-corrected chi connectivity index (χ4v) is 7.68. The Morgan fingerprint density at radius 1 is 0.774 bits per heavy atom. The van der Waals surface area contributed by atoms with Gasteiger partial charge in [0.2, 0.25) is 0 Å². The second-order valence-corrected chi connectivity index (χ2v) is 12.3. The van der Waals surface area contributed by atoms with Crippen LogP contribution in [-0.4, -0.2) is 18.8 Å². The average molecular weight is 461 g/mol. The first-order valence-electron chi connectivity index (χ1n) is 11.9. The molecule has 31 heavy (non-hydrogen) atoms. The van der Waals surface area contributed by atoms with Crippen LogP contribution in [0.4, 0.5) is 0 Å². The van der Waals surface area contributed by atoms with Crippen LogP contribution >= 0.6 is 11.8 Å². The van der Waals surface area contributed by atoms with Crippen LogP contribution in [-0.2, 0) is 16.3 Å². The summed E-state index contributed by atoms with van der Waals surface area (Å²) in [5.74, 6) is 0. The lowest BCUT2D eigenvalue weighted by atomic mass is 10.0. The minimum absolute atomic E-state index is 0.458. The molecule has 0 aliphatic rings. The quantitative estimate of drug-likeness (QED) is 0.253. The summed E-state index contributed by atoms with van der Waals surface area (Å²) in [6.45, 7) is 4.24. The molecule has 0 saturated carbocycles. The third-order valence-electron chi connectivity index (χ3n) is 6.24. The molecule has 0 saturated heterocycles. The highest BCUT2D eigenvalue weighted by Gasteiger charge is 2.43. The summed E-state index contributed by atoms with van der Waals surface area (Å²) in [4.78, 5) is 0.458. The molecule has 0 radical (unpaired) electrons. The van der Waals surface area contributed by atoms with Gasteiger partial charge in [-0.3, -0.25) is 0 Å². The molecule has 0 heterocycles. The number of aryl methyl sites for hydroxylation is 2. The minimum Gasteiger partial charge on any atom is -0.222 e. The number of unbranched alkanes of at least 4 members (excludes halogenated alkanes) is 7. The Kier molecular flexibility index (Phi) is 11.2. The third-order valence-corrected chi connectivity index (χ3v) is 10.8. The standard InChI is InChI=1S/C27H40O2S2/c1-4-5-6-7-8-9-10-14-22-27(30-3,23-21-25-15-12-11-13-16-25)31(28,29)26-19-17-24(2)18-20-26/h11-13,15-20H,4-10,14,21-23H2,1-3H3. The smallest absolute Gasteiger partial charge is 0.193 e. The molecule has 4 heteroatoms. The van der Waals surface area contributed by atoms with E-state index in [9.17, 15) is 8.42 Å². The van der Waals surface area contributed by atoms with Crippen molar-refractivity contribution >= 4 is 21.6 Å². The van der Waals surface area contributed by atoms with Gasteiger partial charge in [-0.15, -0.1) is 11.8 Å². The second-order valence-electron chi connectivity index (χ2n) is 8.64. The first-order chi connectivity index (χ1) is 14.9. The van der Waals surface area contributed by atoms with Crippen molar-refractivity contribution in [1.29, 1.82) is 0 Å². The van der Waals surface area contributed by atoms with Crippen molar-refractivity contribution in [3.8, 4) is 0 Å². The van der Waals surface area contributed by atoms with E-state index in [1.54, 1.807) is 12.1 Å². The first kappa shape index (κ1) is 26.0. The number of hydrogen-bond donors (Lipinski definition) is 0. The van der Waals surface area contributed by atoms with Crippen molar-refractivity contribution in [2.75, 3.05) is 6.26 Å². The first-order valence-corrected chi connectivity index (χ1v) is 14.6. The fraction of sp³-hybridized carbons (Fsp3) is 0.556. The number of sulfone groups is 1. The summed E-state index contributed by atoms with van der Waals surface area (Å²) in [7, 11) is -3.44. The van der Waals surface area contributed by atoms with Crippen molar-refractivity contribution in [1.82, 2.24) is 0 Å². The fourth-order valence-electron chi connectivity index (χ4n) is 4.15. The molecule has 2 nitrogen and oxygen atoms in total. The van der Waals surface area contributed by atoms with Gasteiger partial charge >= 0.3 is 0 Å². The molecular weight excluding hydrogens is 420 g/mol. The van der Waals surface area contributed by atoms with E-state index in [2.05, 4.69) is 19.1 Å². The molecule has 0 bridgehead atoms. The van der Waals surface area contributed by atoms with Gasteiger partial charge in [0.25, 0.3) is 0 Å². The van der Waals surface area contributed by atoms with E-state index < -0.39 is 13.9 Å². The molecule has 0 fully saturated rings. The molecule has 0 spiro atoms. The van der Waals surface area contributed by atoms with E-state index in [-0.39, 0.29) is 0 Å². The lowest BCUT2D eigenvalue weighted by Gasteiger charge is -2.32. The van der Waals surface area contributed by atoms with Crippen LogP contribution < -0.4 is 0 Å². The Hall–Kier alpha value is -1.26. The highest BCUT2D eigenvalue weighted by atomic mass is 32.3. The normalized spacial score (nSPS) is 13.8. The lowest BCUT2D eigenvalue weighted by molar-refractivity contribution is 0.511. The van der Waals surface area contributed by atoms with Gasteiger partial charge in [-0.2, -0.15) is 0 Å². The zero-order valence-corrected chi connectivity index (χ0v) is 21.2. The van der Waals surface area contributed by atoms with Gasteiger partial charge in [0.1, 0.15) is 4.08 Å². The van der Waals surface area contributed by atoms with Crippen LogP contribution in [0, 0.1) is 6.92 Å². The van der Waals surface area contributed by atoms with Crippen molar-refractivity contribution in [2.45, 2.75) is 93.5 Å². The van der Waals surface area contributed by atoms with Crippen LogP contribution in [0.5, 0.6) is 0 Å². The lowest BCUT2D eigenvalue weighted by Crippen LogP contribution is -2.36. The summed E-state index contributed by atoms with van der Waals surface area (Å²) < 4.78 is 26.9. The van der Waals surface area contributed by atoms with Gasteiger partial charge in [0.05, 0.1) is 4.90 Å². The summed E-state index contributed by atoms with van der Waals surface area (Å²) in [6, 6.07) is 17.6. The highest BCUT2D eigenvalue weighted by molar-refractivity contribution is 8.14. The molecule has 2 aromatic carbocycles. The van der Waals surface area contributed by atoms with Gasteiger partial charge in [-0.25, -0.2) is 8.42 Å². The Balaban J connectivity index is 2.12. The van der Waals surface area contributed by atoms with E-state index in [4.69, 9.17) is 0 Å². The Morgan fingerprint density at radius 3 is 1.94 bits per heavy atom. The van der Waals surface area contributed by atoms with Gasteiger partial charge in [-0.1, -0.05) is 106 Å². The molecule has 172 valence electrons. The van der Waals surface area contributed by atoms with E-state index in [1.807, 2.05) is 43.5 Å². The molecule has 0 N–H and O–H groups in total. The average Bonchev–Trinajstić information content (AvgIpc) is 2.78. The molecule has 0 aromatic heterocycles. The monoisotopic (exact) mass is 460 g/mol. The number of hydrogen-bond acceptors (Lipinski definition) is 3. The zero-order valence-electron chi connectivity index (χ0n) is 19.6. The molecule has 0 amide bonds. The summed E-state index contributed by atoms with van der Waals surface area (Å²) in [5.41, 5.74) is 2.29. The van der Waals surface area contributed by atoms with E-state index in [0.717, 1.165) is 24.8 Å². The van der Waals surface area contributed by atoms with Crippen molar-refractivity contribution in [3.63, 3.8) is 0 Å². The van der Waals surface area contributed by atoms with E-state index >= 15 is 0 Å². The van der Waals surface area contributed by atoms with Gasteiger partial charge in [-0.05, 0) is 50.1 Å². The Morgan fingerprint density at radius 2 is 1.35 bits per heavy atom. The molecular formula is C27H40O2S2. The molecule has 2 aromatic rings. The van der Waals surface area contributed by atoms with E-state index in [1.165, 1.54) is 55.9 Å².